The third-order valence-corrected chi connectivity index (χ3v) is 4.37. The molecule has 1 fully saturated rings. The van der Waals surface area contributed by atoms with Gasteiger partial charge in [-0.25, -0.2) is 4.98 Å². The van der Waals surface area contributed by atoms with Crippen LogP contribution in [0.5, 0.6) is 0 Å². The van der Waals surface area contributed by atoms with Crippen molar-refractivity contribution >= 4 is 11.6 Å². The summed E-state index contributed by atoms with van der Waals surface area (Å²) in [5, 5.41) is 3.00. The Morgan fingerprint density at radius 2 is 2.13 bits per heavy atom. The molecule has 1 aliphatic rings. The second kappa shape index (κ2) is 7.10. The fourth-order valence-corrected chi connectivity index (χ4v) is 2.93. The zero-order valence-corrected chi connectivity index (χ0v) is 13.8. The van der Waals surface area contributed by atoms with Gasteiger partial charge in [-0.1, -0.05) is 6.92 Å². The zero-order chi connectivity index (χ0) is 16.2. The molecule has 1 saturated heterocycles. The molecule has 0 spiro atoms. The molecule has 124 valence electrons. The van der Waals surface area contributed by atoms with Crippen molar-refractivity contribution in [2.24, 2.45) is 0 Å². The van der Waals surface area contributed by atoms with Crippen molar-refractivity contribution in [3.05, 3.63) is 35.3 Å². The van der Waals surface area contributed by atoms with E-state index >= 15 is 0 Å². The maximum absolute atomic E-state index is 12.3. The average molecular weight is 316 g/mol. The molecule has 0 unspecified atom stereocenters. The number of hydrogen-bond acceptors (Lipinski definition) is 4. The topological polar surface area (TPSA) is 58.9 Å². The van der Waals surface area contributed by atoms with Gasteiger partial charge < -0.3 is 14.5 Å². The molecule has 0 bridgehead atoms. The number of nitrogens with one attached hydrogen (secondary N) is 1. The molecular weight excluding hydrogens is 292 g/mol. The van der Waals surface area contributed by atoms with Crippen molar-refractivity contribution in [2.45, 2.75) is 20.3 Å². The predicted octanol–water partition coefficient (Wildman–Crippen LogP) is 1.27. The van der Waals surface area contributed by atoms with E-state index in [0.717, 1.165) is 56.3 Å². The molecule has 1 aliphatic heterocycles. The van der Waals surface area contributed by atoms with Gasteiger partial charge in [0.2, 0.25) is 0 Å². The van der Waals surface area contributed by atoms with Crippen molar-refractivity contribution in [3.8, 4) is 0 Å². The van der Waals surface area contributed by atoms with E-state index in [1.54, 1.807) is 0 Å². The SMILES string of the molecule is CCc1nc2ccc(C(=O)NCCN3CCOCC3)cn2c1C. The number of carbonyl (C=O) groups is 1. The highest BCUT2D eigenvalue weighted by molar-refractivity contribution is 5.94. The van der Waals surface area contributed by atoms with Crippen LogP contribution in [0.25, 0.3) is 5.65 Å². The monoisotopic (exact) mass is 316 g/mol. The molecule has 3 rings (SSSR count). The fraction of sp³-hybridized carbons (Fsp3) is 0.529. The lowest BCUT2D eigenvalue weighted by Gasteiger charge is -2.26. The van der Waals surface area contributed by atoms with Gasteiger partial charge in [0, 0.05) is 38.1 Å². The number of fused-ring (bicyclic) bond motifs is 1. The second-order valence-electron chi connectivity index (χ2n) is 5.85. The molecule has 2 aromatic heterocycles. The van der Waals surface area contributed by atoms with Crippen molar-refractivity contribution < 1.29 is 9.53 Å². The lowest BCUT2D eigenvalue weighted by atomic mass is 10.2. The van der Waals surface area contributed by atoms with Crippen molar-refractivity contribution in [2.75, 3.05) is 39.4 Å². The number of aromatic nitrogens is 2. The van der Waals surface area contributed by atoms with Gasteiger partial charge in [0.25, 0.3) is 5.91 Å². The Kier molecular flexibility index (Phi) is 4.93. The maximum atomic E-state index is 12.3. The van der Waals surface area contributed by atoms with E-state index in [9.17, 15) is 4.79 Å². The van der Waals surface area contributed by atoms with Gasteiger partial charge in [0.1, 0.15) is 5.65 Å². The predicted molar refractivity (Wildman–Crippen MR) is 88.9 cm³/mol. The number of hydrogen-bond donors (Lipinski definition) is 1. The molecule has 1 N–H and O–H groups in total. The van der Waals surface area contributed by atoms with E-state index in [4.69, 9.17) is 4.74 Å². The number of imidazole rings is 1. The Labute approximate surface area is 136 Å². The zero-order valence-electron chi connectivity index (χ0n) is 13.8. The summed E-state index contributed by atoms with van der Waals surface area (Å²) in [6.07, 6.45) is 2.77. The summed E-state index contributed by atoms with van der Waals surface area (Å²) >= 11 is 0. The van der Waals surface area contributed by atoms with Crippen LogP contribution >= 0.6 is 0 Å². The molecule has 0 aliphatic carbocycles. The van der Waals surface area contributed by atoms with Gasteiger partial charge in [0.05, 0.1) is 24.5 Å². The van der Waals surface area contributed by atoms with Crippen LogP contribution in [0.2, 0.25) is 0 Å². The van der Waals surface area contributed by atoms with Gasteiger partial charge in [-0.2, -0.15) is 0 Å². The van der Waals surface area contributed by atoms with E-state index in [0.29, 0.717) is 12.1 Å². The fourth-order valence-electron chi connectivity index (χ4n) is 2.93. The van der Waals surface area contributed by atoms with Crippen molar-refractivity contribution in [1.82, 2.24) is 19.6 Å². The first-order chi connectivity index (χ1) is 11.2. The number of carbonyl (C=O) groups excluding carboxylic acids is 1. The summed E-state index contributed by atoms with van der Waals surface area (Å²) in [4.78, 5) is 19.2. The molecule has 3 heterocycles. The Hall–Kier alpha value is -1.92. The number of rotatable bonds is 5. The summed E-state index contributed by atoms with van der Waals surface area (Å²) < 4.78 is 7.32. The lowest BCUT2D eigenvalue weighted by Crippen LogP contribution is -2.41. The summed E-state index contributed by atoms with van der Waals surface area (Å²) in [6, 6.07) is 3.74. The highest BCUT2D eigenvalue weighted by atomic mass is 16.5. The minimum Gasteiger partial charge on any atom is -0.379 e. The van der Waals surface area contributed by atoms with E-state index < -0.39 is 0 Å². The normalized spacial score (nSPS) is 15.9. The number of morpholine rings is 1. The Morgan fingerprint density at radius 3 is 2.87 bits per heavy atom. The summed E-state index contributed by atoms with van der Waals surface area (Å²) in [7, 11) is 0. The van der Waals surface area contributed by atoms with Gasteiger partial charge in [-0.3, -0.25) is 9.69 Å². The largest absolute Gasteiger partial charge is 0.379 e. The Balaban J connectivity index is 1.62. The van der Waals surface area contributed by atoms with Gasteiger partial charge in [-0.05, 0) is 25.5 Å². The van der Waals surface area contributed by atoms with Crippen LogP contribution in [0, 0.1) is 6.92 Å². The number of nitrogens with zero attached hydrogens (tertiary/aromatic N) is 3. The third-order valence-electron chi connectivity index (χ3n) is 4.37. The summed E-state index contributed by atoms with van der Waals surface area (Å²) in [5.74, 6) is -0.0358. The van der Waals surface area contributed by atoms with Gasteiger partial charge in [0.15, 0.2) is 0 Å². The Bertz CT molecular complexity index is 689. The molecule has 1 amide bonds. The number of aryl methyl sites for hydroxylation is 2. The van der Waals surface area contributed by atoms with E-state index in [1.807, 2.05) is 29.7 Å². The van der Waals surface area contributed by atoms with Crippen LogP contribution in [-0.4, -0.2) is 59.6 Å². The standard InChI is InChI=1S/C17H24N4O2/c1-3-15-13(2)21-12-14(4-5-16(21)19-15)17(22)18-6-7-20-8-10-23-11-9-20/h4-5,12H,3,6-11H2,1-2H3,(H,18,22). The quantitative estimate of drug-likeness (QED) is 0.902. The van der Waals surface area contributed by atoms with Crippen molar-refractivity contribution in [1.29, 1.82) is 0 Å². The number of ether oxygens (including phenoxy) is 1. The highest BCUT2D eigenvalue weighted by Gasteiger charge is 2.12. The molecule has 0 atom stereocenters. The summed E-state index contributed by atoms with van der Waals surface area (Å²) in [6.45, 7) is 9.09. The van der Waals surface area contributed by atoms with Crippen LogP contribution in [0.15, 0.2) is 18.3 Å². The van der Waals surface area contributed by atoms with E-state index in [2.05, 4.69) is 22.1 Å². The maximum Gasteiger partial charge on any atom is 0.252 e. The molecule has 6 nitrogen and oxygen atoms in total. The van der Waals surface area contributed by atoms with Gasteiger partial charge in [-0.15, -0.1) is 0 Å². The second-order valence-corrected chi connectivity index (χ2v) is 5.85. The molecule has 0 radical (unpaired) electrons. The summed E-state index contributed by atoms with van der Waals surface area (Å²) in [5.41, 5.74) is 3.74. The number of pyridine rings is 1. The molecule has 0 aromatic carbocycles. The smallest absolute Gasteiger partial charge is 0.252 e. The first kappa shape index (κ1) is 16.0. The lowest BCUT2D eigenvalue weighted by molar-refractivity contribution is 0.0383. The highest BCUT2D eigenvalue weighted by Crippen LogP contribution is 2.13. The molecule has 0 saturated carbocycles. The molecular formula is C17H24N4O2. The minimum atomic E-state index is -0.0358. The number of amides is 1. The average Bonchev–Trinajstić information content (AvgIpc) is 2.91. The van der Waals surface area contributed by atoms with Crippen LogP contribution in [0.1, 0.15) is 28.7 Å². The van der Waals surface area contributed by atoms with Crippen LogP contribution in [0.4, 0.5) is 0 Å². The first-order valence-electron chi connectivity index (χ1n) is 8.25. The van der Waals surface area contributed by atoms with E-state index in [1.165, 1.54) is 0 Å². The Morgan fingerprint density at radius 1 is 1.35 bits per heavy atom. The van der Waals surface area contributed by atoms with Crippen LogP contribution < -0.4 is 5.32 Å². The first-order valence-corrected chi connectivity index (χ1v) is 8.25. The van der Waals surface area contributed by atoms with Crippen LogP contribution in [0.3, 0.4) is 0 Å². The van der Waals surface area contributed by atoms with Crippen molar-refractivity contribution in [3.63, 3.8) is 0 Å². The van der Waals surface area contributed by atoms with Crippen LogP contribution in [-0.2, 0) is 11.2 Å². The molecule has 6 heteroatoms. The third kappa shape index (κ3) is 3.54. The minimum absolute atomic E-state index is 0.0358. The molecule has 23 heavy (non-hydrogen) atoms. The van der Waals surface area contributed by atoms with Gasteiger partial charge >= 0.3 is 0 Å². The van der Waals surface area contributed by atoms with E-state index in [-0.39, 0.29) is 5.91 Å². The molecule has 2 aromatic rings.